The molecule has 2 N–H and O–H groups in total. The second-order valence-corrected chi connectivity index (χ2v) is 8.80. The number of hydrogen-bond acceptors (Lipinski definition) is 3. The highest BCUT2D eigenvalue weighted by molar-refractivity contribution is 7.85. The van der Waals surface area contributed by atoms with Crippen molar-refractivity contribution in [3.05, 3.63) is 52.2 Å². The molecule has 1 aliphatic heterocycles. The molecule has 0 saturated carbocycles. The van der Waals surface area contributed by atoms with Crippen LogP contribution in [0.15, 0.2) is 35.2 Å². The second-order valence-electron chi connectivity index (χ2n) is 7.23. The molecule has 1 aliphatic rings. The van der Waals surface area contributed by atoms with Crippen molar-refractivity contribution in [1.29, 1.82) is 0 Å². The Morgan fingerprint density at radius 3 is 2.54 bits per heavy atom. The first-order valence-corrected chi connectivity index (χ1v) is 11.1. The summed E-state index contributed by atoms with van der Waals surface area (Å²) in [5, 5.41) is 21.9. The van der Waals surface area contributed by atoms with Crippen molar-refractivity contribution in [2.75, 3.05) is 5.75 Å². The lowest BCUT2D eigenvalue weighted by Crippen LogP contribution is -2.31. The summed E-state index contributed by atoms with van der Waals surface area (Å²) in [4.78, 5) is 12.4. The Morgan fingerprint density at radius 1 is 1.18 bits per heavy atom. The van der Waals surface area contributed by atoms with Crippen molar-refractivity contribution in [3.8, 4) is 0 Å². The van der Waals surface area contributed by atoms with Crippen LogP contribution in [0, 0.1) is 6.92 Å². The minimum absolute atomic E-state index is 0.126. The molecular formula is C22H27NO4S. The van der Waals surface area contributed by atoms with Gasteiger partial charge in [0.1, 0.15) is 5.76 Å². The van der Waals surface area contributed by atoms with Crippen molar-refractivity contribution in [2.24, 2.45) is 0 Å². The number of benzene rings is 1. The maximum atomic E-state index is 12.3. The monoisotopic (exact) mass is 401 g/mol. The van der Waals surface area contributed by atoms with E-state index in [1.165, 1.54) is 0 Å². The second kappa shape index (κ2) is 8.78. The minimum atomic E-state index is -1.02. The molecule has 6 heteroatoms. The minimum Gasteiger partial charge on any atom is -0.505 e. The summed E-state index contributed by atoms with van der Waals surface area (Å²) in [5.41, 5.74) is 1.89. The lowest BCUT2D eigenvalue weighted by atomic mass is 10.1. The van der Waals surface area contributed by atoms with Gasteiger partial charge in [0.2, 0.25) is 0 Å². The van der Waals surface area contributed by atoms with Crippen molar-refractivity contribution in [2.45, 2.75) is 57.4 Å². The normalized spacial score (nSPS) is 16.3. The number of aryl methyl sites for hydroxylation is 1. The fourth-order valence-electron chi connectivity index (χ4n) is 3.69. The average Bonchev–Trinajstić information content (AvgIpc) is 2.86. The highest BCUT2D eigenvalue weighted by atomic mass is 32.2. The van der Waals surface area contributed by atoms with E-state index >= 15 is 0 Å². The maximum absolute atomic E-state index is 12.3. The number of carboxylic acid groups (broad SMARTS) is 1. The quantitative estimate of drug-likeness (QED) is 0.780. The van der Waals surface area contributed by atoms with Gasteiger partial charge < -0.3 is 14.8 Å². The van der Waals surface area contributed by atoms with Gasteiger partial charge in [-0.25, -0.2) is 4.79 Å². The third-order valence-electron chi connectivity index (χ3n) is 5.21. The van der Waals surface area contributed by atoms with E-state index in [9.17, 15) is 19.2 Å². The first-order valence-electron chi connectivity index (χ1n) is 9.78. The lowest BCUT2D eigenvalue weighted by molar-refractivity contribution is -0.130. The van der Waals surface area contributed by atoms with Crippen molar-refractivity contribution in [1.82, 2.24) is 4.57 Å². The fraction of sp³-hybridized carbons (Fsp3) is 0.409. The Hall–Kier alpha value is -2.34. The van der Waals surface area contributed by atoms with E-state index in [1.807, 2.05) is 17.6 Å². The van der Waals surface area contributed by atoms with Crippen LogP contribution >= 0.6 is 0 Å². The Kier molecular flexibility index (Phi) is 6.39. The number of hydrogen-bond donors (Lipinski definition) is 2. The molecule has 0 spiro atoms. The molecular weight excluding hydrogens is 374 g/mol. The van der Waals surface area contributed by atoms with E-state index < -0.39 is 16.8 Å². The summed E-state index contributed by atoms with van der Waals surface area (Å²) in [6.45, 7) is 4.64. The molecule has 0 amide bonds. The number of fused-ring (bicyclic) bond motifs is 1. The number of nitrogens with zero attached hydrogens (tertiary/aromatic N) is 1. The number of aliphatic hydroxyl groups is 1. The van der Waals surface area contributed by atoms with Gasteiger partial charge in [0.25, 0.3) is 0 Å². The predicted octanol–water partition coefficient (Wildman–Crippen LogP) is 2.84. The highest BCUT2D eigenvalue weighted by Gasteiger charge is 2.18. The van der Waals surface area contributed by atoms with Crippen LogP contribution in [0.1, 0.15) is 50.2 Å². The molecule has 28 heavy (non-hydrogen) atoms. The van der Waals surface area contributed by atoms with Gasteiger partial charge in [-0.2, -0.15) is 0 Å². The number of unbranched alkanes of at least 4 members (excludes halogenated alkanes) is 1. The molecule has 5 nitrogen and oxygen atoms in total. The Morgan fingerprint density at radius 2 is 1.89 bits per heavy atom. The SMILES string of the molecule is CCCCS(=O)c1ccc(C(O)=c2c(C)cc3n2CCCCC=3C(=O)O)cc1. The fourth-order valence-corrected chi connectivity index (χ4v) is 4.92. The zero-order valence-electron chi connectivity index (χ0n) is 16.4. The zero-order chi connectivity index (χ0) is 20.3. The molecule has 1 aromatic carbocycles. The maximum Gasteiger partial charge on any atom is 0.333 e. The van der Waals surface area contributed by atoms with Crippen LogP contribution in [0.3, 0.4) is 0 Å². The molecule has 0 fully saturated rings. The van der Waals surface area contributed by atoms with Crippen molar-refractivity contribution < 1.29 is 19.2 Å². The van der Waals surface area contributed by atoms with Gasteiger partial charge >= 0.3 is 5.97 Å². The average molecular weight is 402 g/mol. The van der Waals surface area contributed by atoms with Gasteiger partial charge in [-0.05, 0) is 68.5 Å². The summed E-state index contributed by atoms with van der Waals surface area (Å²) in [5.74, 6) is -0.128. The molecule has 150 valence electrons. The molecule has 1 unspecified atom stereocenters. The smallest absolute Gasteiger partial charge is 0.333 e. The van der Waals surface area contributed by atoms with E-state index in [2.05, 4.69) is 6.92 Å². The predicted molar refractivity (Wildman–Crippen MR) is 111 cm³/mol. The van der Waals surface area contributed by atoms with E-state index in [0.29, 0.717) is 40.6 Å². The van der Waals surface area contributed by atoms with Gasteiger partial charge in [0.15, 0.2) is 0 Å². The van der Waals surface area contributed by atoms with Crippen LogP contribution < -0.4 is 10.7 Å². The summed E-state index contributed by atoms with van der Waals surface area (Å²) < 4.78 is 14.2. The van der Waals surface area contributed by atoms with Crippen LogP contribution in [-0.2, 0) is 22.1 Å². The molecule has 0 aliphatic carbocycles. The molecule has 3 rings (SSSR count). The van der Waals surface area contributed by atoms with Gasteiger partial charge in [-0.3, -0.25) is 4.21 Å². The van der Waals surface area contributed by atoms with Crippen molar-refractivity contribution in [3.63, 3.8) is 0 Å². The van der Waals surface area contributed by atoms with Crippen LogP contribution in [-0.4, -0.2) is 30.7 Å². The Labute approximate surface area is 167 Å². The highest BCUT2D eigenvalue weighted by Crippen LogP contribution is 2.16. The summed E-state index contributed by atoms with van der Waals surface area (Å²) in [6.07, 6.45) is 4.15. The van der Waals surface area contributed by atoms with Crippen LogP contribution in [0.25, 0.3) is 11.3 Å². The van der Waals surface area contributed by atoms with E-state index in [1.54, 1.807) is 24.3 Å². The van der Waals surface area contributed by atoms with Gasteiger partial charge in [-0.15, -0.1) is 0 Å². The Bertz CT molecular complexity index is 1020. The first kappa shape index (κ1) is 20.4. The summed E-state index contributed by atoms with van der Waals surface area (Å²) >= 11 is 0. The largest absolute Gasteiger partial charge is 0.505 e. The molecule has 0 saturated heterocycles. The summed E-state index contributed by atoms with van der Waals surface area (Å²) in [7, 11) is -1.02. The molecule has 0 radical (unpaired) electrons. The van der Waals surface area contributed by atoms with Crippen LogP contribution in [0.2, 0.25) is 0 Å². The third kappa shape index (κ3) is 4.07. The zero-order valence-corrected chi connectivity index (χ0v) is 17.2. The van der Waals surface area contributed by atoms with Gasteiger partial charge in [0.05, 0.1) is 27.1 Å². The van der Waals surface area contributed by atoms with E-state index in [4.69, 9.17) is 0 Å². The molecule has 1 atom stereocenters. The number of aromatic nitrogens is 1. The lowest BCUT2D eigenvalue weighted by Gasteiger charge is -2.07. The van der Waals surface area contributed by atoms with Crippen molar-refractivity contribution >= 4 is 28.1 Å². The first-order chi connectivity index (χ1) is 13.4. The standard InChI is InChI=1S/C22H27NO4S/c1-3-4-13-28(27)17-10-8-16(9-11-17)21(24)20-15(2)14-19-18(22(25)26)7-5-6-12-23(19)20/h8-11,14,24H,3-7,12-13H2,1-2H3,(H,25,26). The Balaban J connectivity index is 2.09. The number of aliphatic hydroxyl groups excluding tert-OH is 1. The van der Waals surface area contributed by atoms with E-state index in [0.717, 1.165) is 36.1 Å². The van der Waals surface area contributed by atoms with Crippen LogP contribution in [0.5, 0.6) is 0 Å². The number of carboxylic acids is 1. The van der Waals surface area contributed by atoms with Crippen LogP contribution in [0.4, 0.5) is 0 Å². The molecule has 2 heterocycles. The number of rotatable bonds is 6. The topological polar surface area (TPSA) is 79.5 Å². The van der Waals surface area contributed by atoms with Gasteiger partial charge in [0, 0.05) is 22.8 Å². The summed E-state index contributed by atoms with van der Waals surface area (Å²) in [6, 6.07) is 9.02. The van der Waals surface area contributed by atoms with Gasteiger partial charge in [-0.1, -0.05) is 13.3 Å². The third-order valence-corrected chi connectivity index (χ3v) is 6.67. The van der Waals surface area contributed by atoms with E-state index in [-0.39, 0.29) is 5.76 Å². The molecule has 1 aromatic heterocycles. The number of aliphatic carboxylic acids is 1. The molecule has 0 bridgehead atoms. The number of carbonyl (C=O) groups is 1. The molecule has 2 aromatic rings.